The molecular formula is C21H14BrIN2O3. The molecular weight excluding hydrogens is 535 g/mol. The van der Waals surface area contributed by atoms with Crippen LogP contribution in [0.25, 0.3) is 0 Å². The third-order valence-corrected chi connectivity index (χ3v) is 5.31. The Morgan fingerprint density at radius 1 is 0.929 bits per heavy atom. The van der Waals surface area contributed by atoms with Crippen LogP contribution in [0, 0.1) is 3.57 Å². The molecule has 3 aromatic carbocycles. The first kappa shape index (κ1) is 20.2. The highest BCUT2D eigenvalue weighted by Crippen LogP contribution is 2.19. The number of rotatable bonds is 5. The molecule has 28 heavy (non-hydrogen) atoms. The van der Waals surface area contributed by atoms with Crippen molar-refractivity contribution in [3.8, 4) is 5.75 Å². The lowest BCUT2D eigenvalue weighted by atomic mass is 10.2. The molecule has 0 fully saturated rings. The first-order chi connectivity index (χ1) is 13.5. The second kappa shape index (κ2) is 9.61. The van der Waals surface area contributed by atoms with Gasteiger partial charge in [-0.2, -0.15) is 5.10 Å². The number of hydrazone groups is 1. The van der Waals surface area contributed by atoms with Crippen LogP contribution in [0.2, 0.25) is 0 Å². The highest BCUT2D eigenvalue weighted by molar-refractivity contribution is 14.1. The molecule has 1 amide bonds. The predicted molar refractivity (Wildman–Crippen MR) is 120 cm³/mol. The highest BCUT2D eigenvalue weighted by Gasteiger charge is 2.11. The molecule has 0 spiro atoms. The summed E-state index contributed by atoms with van der Waals surface area (Å²) in [4.78, 5) is 24.3. The van der Waals surface area contributed by atoms with Crippen LogP contribution < -0.4 is 10.2 Å². The lowest BCUT2D eigenvalue weighted by molar-refractivity contribution is 0.0733. The summed E-state index contributed by atoms with van der Waals surface area (Å²) in [5.41, 5.74) is 4.27. The molecule has 0 unspecified atom stereocenters. The molecule has 0 saturated carbocycles. The molecule has 5 nitrogen and oxygen atoms in total. The van der Waals surface area contributed by atoms with E-state index in [4.69, 9.17) is 4.74 Å². The number of ether oxygens (including phenoxy) is 1. The van der Waals surface area contributed by atoms with E-state index in [-0.39, 0.29) is 5.91 Å². The van der Waals surface area contributed by atoms with Gasteiger partial charge in [-0.25, -0.2) is 10.2 Å². The van der Waals surface area contributed by atoms with E-state index in [2.05, 4.69) is 49.0 Å². The van der Waals surface area contributed by atoms with Crippen molar-refractivity contribution in [2.75, 3.05) is 0 Å². The van der Waals surface area contributed by atoms with Crippen LogP contribution in [0.4, 0.5) is 0 Å². The molecule has 0 aliphatic carbocycles. The lowest BCUT2D eigenvalue weighted by Gasteiger charge is -2.06. The fraction of sp³-hybridized carbons (Fsp3) is 0. The van der Waals surface area contributed by atoms with Crippen LogP contribution in [0.5, 0.6) is 5.75 Å². The van der Waals surface area contributed by atoms with Crippen molar-refractivity contribution in [1.82, 2.24) is 5.43 Å². The van der Waals surface area contributed by atoms with E-state index in [0.717, 1.165) is 9.13 Å². The summed E-state index contributed by atoms with van der Waals surface area (Å²) in [5, 5.41) is 3.97. The largest absolute Gasteiger partial charge is 0.423 e. The van der Waals surface area contributed by atoms with Gasteiger partial charge in [-0.15, -0.1) is 0 Å². The van der Waals surface area contributed by atoms with E-state index in [1.165, 1.54) is 6.21 Å². The van der Waals surface area contributed by atoms with Crippen LogP contribution >= 0.6 is 38.5 Å². The van der Waals surface area contributed by atoms with Gasteiger partial charge in [-0.1, -0.05) is 24.3 Å². The Morgan fingerprint density at radius 2 is 1.57 bits per heavy atom. The molecule has 0 bridgehead atoms. The van der Waals surface area contributed by atoms with Crippen molar-refractivity contribution < 1.29 is 14.3 Å². The number of carbonyl (C=O) groups is 2. The van der Waals surface area contributed by atoms with E-state index >= 15 is 0 Å². The van der Waals surface area contributed by atoms with E-state index in [9.17, 15) is 9.59 Å². The topological polar surface area (TPSA) is 67.8 Å². The van der Waals surface area contributed by atoms with Gasteiger partial charge in [0.2, 0.25) is 0 Å². The summed E-state index contributed by atoms with van der Waals surface area (Å²) in [6.07, 6.45) is 1.52. The fourth-order valence-electron chi connectivity index (χ4n) is 2.28. The molecule has 140 valence electrons. The first-order valence-electron chi connectivity index (χ1n) is 8.19. The maximum Gasteiger partial charge on any atom is 0.344 e. The first-order valence-corrected chi connectivity index (χ1v) is 10.1. The summed E-state index contributed by atoms with van der Waals surface area (Å²) in [6, 6.07) is 21.1. The van der Waals surface area contributed by atoms with Gasteiger partial charge in [-0.05, 0) is 92.6 Å². The Morgan fingerprint density at radius 3 is 2.25 bits per heavy atom. The predicted octanol–water partition coefficient (Wildman–Crippen LogP) is 5.04. The standard InChI is InChI=1S/C21H14BrIN2O3/c22-18-7-3-1-5-16(18)21(27)28-15-11-9-14(10-12-15)13-24-25-20(26)17-6-2-4-8-19(17)23/h1-13H,(H,25,26)/b24-13-. The fourth-order valence-corrected chi connectivity index (χ4v) is 3.36. The van der Waals surface area contributed by atoms with Gasteiger partial charge in [0.1, 0.15) is 5.75 Å². The van der Waals surface area contributed by atoms with Crippen molar-refractivity contribution in [3.05, 3.63) is 97.5 Å². The summed E-state index contributed by atoms with van der Waals surface area (Å²) < 4.78 is 6.89. The van der Waals surface area contributed by atoms with E-state index in [1.807, 2.05) is 18.2 Å². The number of halogens is 2. The SMILES string of the molecule is O=C(Oc1ccc(/C=N\NC(=O)c2ccccc2I)cc1)c1ccccc1Br. The molecule has 3 aromatic rings. The monoisotopic (exact) mass is 548 g/mol. The van der Waals surface area contributed by atoms with Crippen LogP contribution in [0.15, 0.2) is 82.4 Å². The molecule has 0 aliphatic rings. The van der Waals surface area contributed by atoms with Gasteiger partial charge in [0.15, 0.2) is 0 Å². The molecule has 0 aromatic heterocycles. The van der Waals surface area contributed by atoms with Gasteiger partial charge >= 0.3 is 5.97 Å². The van der Waals surface area contributed by atoms with Crippen LogP contribution in [0.1, 0.15) is 26.3 Å². The maximum atomic E-state index is 12.2. The Labute approximate surface area is 184 Å². The Hall–Kier alpha value is -2.52. The number of nitrogens with zero attached hydrogens (tertiary/aromatic N) is 1. The average molecular weight is 549 g/mol. The number of amides is 1. The van der Waals surface area contributed by atoms with E-state index in [0.29, 0.717) is 21.3 Å². The zero-order valence-electron chi connectivity index (χ0n) is 14.4. The van der Waals surface area contributed by atoms with Gasteiger partial charge in [0.05, 0.1) is 17.3 Å². The van der Waals surface area contributed by atoms with Crippen molar-refractivity contribution in [2.45, 2.75) is 0 Å². The minimum absolute atomic E-state index is 0.278. The molecule has 0 atom stereocenters. The minimum Gasteiger partial charge on any atom is -0.423 e. The highest BCUT2D eigenvalue weighted by atomic mass is 127. The summed E-state index contributed by atoms with van der Waals surface area (Å²) in [5.74, 6) is -0.306. The molecule has 0 aliphatic heterocycles. The number of hydrogen-bond acceptors (Lipinski definition) is 4. The summed E-state index contributed by atoms with van der Waals surface area (Å²) >= 11 is 5.43. The third-order valence-electron chi connectivity index (χ3n) is 3.68. The number of nitrogens with one attached hydrogen (secondary N) is 1. The molecule has 0 heterocycles. The molecule has 0 radical (unpaired) electrons. The van der Waals surface area contributed by atoms with Crippen molar-refractivity contribution in [1.29, 1.82) is 0 Å². The average Bonchev–Trinajstić information content (AvgIpc) is 2.70. The van der Waals surface area contributed by atoms with Crippen molar-refractivity contribution >= 4 is 56.6 Å². The normalized spacial score (nSPS) is 10.6. The van der Waals surface area contributed by atoms with Crippen LogP contribution in [-0.2, 0) is 0 Å². The molecule has 1 N–H and O–H groups in total. The second-order valence-electron chi connectivity index (χ2n) is 5.62. The lowest BCUT2D eigenvalue weighted by Crippen LogP contribution is -2.18. The van der Waals surface area contributed by atoms with Gasteiger partial charge in [0, 0.05) is 8.04 Å². The number of carbonyl (C=O) groups excluding carboxylic acids is 2. The van der Waals surface area contributed by atoms with Crippen molar-refractivity contribution in [3.63, 3.8) is 0 Å². The quantitative estimate of drug-likeness (QED) is 0.160. The van der Waals surface area contributed by atoms with Gasteiger partial charge in [-0.3, -0.25) is 4.79 Å². The second-order valence-corrected chi connectivity index (χ2v) is 7.63. The number of esters is 1. The van der Waals surface area contributed by atoms with Gasteiger partial charge < -0.3 is 4.74 Å². The Kier molecular flexibility index (Phi) is 6.94. The maximum absolute atomic E-state index is 12.2. The Bertz CT molecular complexity index is 1040. The molecule has 7 heteroatoms. The summed E-state index contributed by atoms with van der Waals surface area (Å²) in [6.45, 7) is 0. The third kappa shape index (κ3) is 5.26. The number of benzene rings is 3. The van der Waals surface area contributed by atoms with Crippen LogP contribution in [-0.4, -0.2) is 18.1 Å². The van der Waals surface area contributed by atoms with E-state index < -0.39 is 5.97 Å². The Balaban J connectivity index is 1.59. The molecule has 3 rings (SSSR count). The molecule has 0 saturated heterocycles. The zero-order chi connectivity index (χ0) is 19.9. The van der Waals surface area contributed by atoms with E-state index in [1.54, 1.807) is 54.6 Å². The smallest absolute Gasteiger partial charge is 0.344 e. The summed E-state index contributed by atoms with van der Waals surface area (Å²) in [7, 11) is 0. The van der Waals surface area contributed by atoms with Crippen molar-refractivity contribution in [2.24, 2.45) is 5.10 Å². The number of hydrogen-bond donors (Lipinski definition) is 1. The zero-order valence-corrected chi connectivity index (χ0v) is 18.2. The van der Waals surface area contributed by atoms with Gasteiger partial charge in [0.25, 0.3) is 5.91 Å². The van der Waals surface area contributed by atoms with Crippen LogP contribution in [0.3, 0.4) is 0 Å². The minimum atomic E-state index is -0.446.